The lowest BCUT2D eigenvalue weighted by Gasteiger charge is -2.20. The van der Waals surface area contributed by atoms with Crippen molar-refractivity contribution in [1.82, 2.24) is 0 Å². The van der Waals surface area contributed by atoms with Gasteiger partial charge in [-0.2, -0.15) is 0 Å². The van der Waals surface area contributed by atoms with Gasteiger partial charge in [0.25, 0.3) is 5.91 Å². The van der Waals surface area contributed by atoms with Crippen LogP contribution in [-0.4, -0.2) is 17.6 Å². The second kappa shape index (κ2) is 7.36. The van der Waals surface area contributed by atoms with E-state index in [0.717, 1.165) is 16.7 Å². The minimum atomic E-state index is -0.341. The van der Waals surface area contributed by atoms with Gasteiger partial charge in [-0.15, -0.1) is 0 Å². The standard InChI is InChI=1S/C20H24ClNO3/c1-12-8-15(9-13(2)19(12)21)25-11-18(24)22-16-10-14(20(3,4)5)6-7-17(16)23/h6-10,23H,11H2,1-5H3,(H,22,24). The molecule has 0 bridgehead atoms. The number of aromatic hydroxyl groups is 1. The van der Waals surface area contributed by atoms with Crippen molar-refractivity contribution >= 4 is 23.2 Å². The zero-order chi connectivity index (χ0) is 18.8. The van der Waals surface area contributed by atoms with Crippen LogP contribution in [0.4, 0.5) is 5.69 Å². The number of nitrogens with one attached hydrogen (secondary N) is 1. The normalized spacial score (nSPS) is 11.3. The molecule has 134 valence electrons. The average Bonchev–Trinajstić information content (AvgIpc) is 2.51. The van der Waals surface area contributed by atoms with Gasteiger partial charge in [0.05, 0.1) is 5.69 Å². The second-order valence-electron chi connectivity index (χ2n) is 7.19. The molecule has 0 saturated heterocycles. The summed E-state index contributed by atoms with van der Waals surface area (Å²) in [5.74, 6) is 0.272. The van der Waals surface area contributed by atoms with Gasteiger partial charge in [-0.05, 0) is 60.2 Å². The number of halogens is 1. The van der Waals surface area contributed by atoms with E-state index in [1.54, 1.807) is 24.3 Å². The highest BCUT2D eigenvalue weighted by Gasteiger charge is 2.16. The monoisotopic (exact) mass is 361 g/mol. The molecule has 25 heavy (non-hydrogen) atoms. The molecule has 0 atom stereocenters. The third kappa shape index (κ3) is 4.89. The Kier molecular flexibility index (Phi) is 5.63. The lowest BCUT2D eigenvalue weighted by atomic mass is 9.87. The molecule has 0 saturated carbocycles. The first kappa shape index (κ1) is 19.1. The zero-order valence-corrected chi connectivity index (χ0v) is 16.0. The highest BCUT2D eigenvalue weighted by molar-refractivity contribution is 6.32. The van der Waals surface area contributed by atoms with Crippen LogP contribution in [0.15, 0.2) is 30.3 Å². The molecule has 2 N–H and O–H groups in total. The van der Waals surface area contributed by atoms with E-state index in [1.165, 1.54) is 0 Å². The number of benzene rings is 2. The topological polar surface area (TPSA) is 58.6 Å². The number of carbonyl (C=O) groups is 1. The van der Waals surface area contributed by atoms with Crippen molar-refractivity contribution < 1.29 is 14.6 Å². The summed E-state index contributed by atoms with van der Waals surface area (Å²) in [6.07, 6.45) is 0. The molecule has 0 radical (unpaired) electrons. The van der Waals surface area contributed by atoms with Crippen LogP contribution in [0, 0.1) is 13.8 Å². The maximum Gasteiger partial charge on any atom is 0.262 e. The molecule has 2 aromatic carbocycles. The summed E-state index contributed by atoms with van der Waals surface area (Å²) in [5, 5.41) is 13.4. The molecule has 4 nitrogen and oxygen atoms in total. The van der Waals surface area contributed by atoms with Crippen LogP contribution in [0.1, 0.15) is 37.5 Å². The number of rotatable bonds is 4. The predicted molar refractivity (Wildman–Crippen MR) is 102 cm³/mol. The van der Waals surface area contributed by atoms with Crippen molar-refractivity contribution in [3.05, 3.63) is 52.0 Å². The van der Waals surface area contributed by atoms with E-state index in [2.05, 4.69) is 26.1 Å². The van der Waals surface area contributed by atoms with Gasteiger partial charge < -0.3 is 15.2 Å². The molecule has 2 aromatic rings. The number of hydrogen-bond donors (Lipinski definition) is 2. The molecule has 1 amide bonds. The smallest absolute Gasteiger partial charge is 0.262 e. The van der Waals surface area contributed by atoms with Gasteiger partial charge in [-0.1, -0.05) is 38.4 Å². The predicted octanol–water partition coefficient (Wildman–Crippen LogP) is 4.98. The molecule has 2 rings (SSSR count). The van der Waals surface area contributed by atoms with Crippen molar-refractivity contribution in [1.29, 1.82) is 0 Å². The highest BCUT2D eigenvalue weighted by Crippen LogP contribution is 2.31. The number of aryl methyl sites for hydroxylation is 2. The van der Waals surface area contributed by atoms with Gasteiger partial charge >= 0.3 is 0 Å². The molecular formula is C20H24ClNO3. The minimum Gasteiger partial charge on any atom is -0.506 e. The number of hydrogen-bond acceptors (Lipinski definition) is 3. The molecule has 0 aliphatic rings. The third-order valence-electron chi connectivity index (χ3n) is 3.92. The summed E-state index contributed by atoms with van der Waals surface area (Å²) in [5.41, 5.74) is 3.11. The lowest BCUT2D eigenvalue weighted by Crippen LogP contribution is -2.21. The van der Waals surface area contributed by atoms with Gasteiger partial charge in [0, 0.05) is 5.02 Å². The number of phenolic OH excluding ortho intramolecular Hbond substituents is 1. The van der Waals surface area contributed by atoms with Crippen LogP contribution in [0.5, 0.6) is 11.5 Å². The number of carbonyl (C=O) groups excluding carboxylic acids is 1. The molecule has 0 spiro atoms. The third-order valence-corrected chi connectivity index (χ3v) is 4.51. The average molecular weight is 362 g/mol. The van der Waals surface area contributed by atoms with Crippen LogP contribution < -0.4 is 10.1 Å². The van der Waals surface area contributed by atoms with Gasteiger partial charge in [-0.25, -0.2) is 0 Å². The Bertz CT molecular complexity index is 771. The summed E-state index contributed by atoms with van der Waals surface area (Å²) >= 11 is 6.13. The van der Waals surface area contributed by atoms with E-state index in [1.807, 2.05) is 19.9 Å². The van der Waals surface area contributed by atoms with E-state index < -0.39 is 0 Å². The Morgan fingerprint density at radius 1 is 1.16 bits per heavy atom. The quantitative estimate of drug-likeness (QED) is 0.755. The minimum absolute atomic E-state index is 0.0273. The summed E-state index contributed by atoms with van der Waals surface area (Å²) in [4.78, 5) is 12.2. The van der Waals surface area contributed by atoms with Crippen molar-refractivity contribution in [2.75, 3.05) is 11.9 Å². The van der Waals surface area contributed by atoms with Gasteiger partial charge in [0.2, 0.25) is 0 Å². The van der Waals surface area contributed by atoms with E-state index in [-0.39, 0.29) is 23.7 Å². The van der Waals surface area contributed by atoms with E-state index in [0.29, 0.717) is 16.5 Å². The van der Waals surface area contributed by atoms with Crippen LogP contribution >= 0.6 is 11.6 Å². The first-order chi connectivity index (χ1) is 11.6. The summed E-state index contributed by atoms with van der Waals surface area (Å²) in [7, 11) is 0. The molecular weight excluding hydrogens is 338 g/mol. The maximum absolute atomic E-state index is 12.2. The molecule has 0 unspecified atom stereocenters. The number of phenols is 1. The van der Waals surface area contributed by atoms with E-state index >= 15 is 0 Å². The van der Waals surface area contributed by atoms with Crippen LogP contribution in [-0.2, 0) is 10.2 Å². The molecule has 5 heteroatoms. The van der Waals surface area contributed by atoms with Crippen molar-refractivity contribution in [3.8, 4) is 11.5 Å². The van der Waals surface area contributed by atoms with E-state index in [9.17, 15) is 9.90 Å². The van der Waals surface area contributed by atoms with Crippen molar-refractivity contribution in [3.63, 3.8) is 0 Å². The highest BCUT2D eigenvalue weighted by atomic mass is 35.5. The van der Waals surface area contributed by atoms with E-state index in [4.69, 9.17) is 16.3 Å². The first-order valence-electron chi connectivity index (χ1n) is 8.11. The Labute approximate surface area is 153 Å². The van der Waals surface area contributed by atoms with Crippen LogP contribution in [0.25, 0.3) is 0 Å². The molecule has 0 fully saturated rings. The fraction of sp³-hybridized carbons (Fsp3) is 0.350. The fourth-order valence-corrected chi connectivity index (χ4v) is 2.54. The van der Waals surface area contributed by atoms with Crippen molar-refractivity contribution in [2.24, 2.45) is 0 Å². The maximum atomic E-state index is 12.2. The zero-order valence-electron chi connectivity index (χ0n) is 15.2. The Hall–Kier alpha value is -2.20. The number of amides is 1. The Balaban J connectivity index is 2.06. The molecule has 0 heterocycles. The lowest BCUT2D eigenvalue weighted by molar-refractivity contribution is -0.118. The molecule has 0 aliphatic heterocycles. The van der Waals surface area contributed by atoms with Crippen molar-refractivity contribution in [2.45, 2.75) is 40.0 Å². The summed E-state index contributed by atoms with van der Waals surface area (Å²) in [6, 6.07) is 8.80. The molecule has 0 aromatic heterocycles. The second-order valence-corrected chi connectivity index (χ2v) is 7.57. The Morgan fingerprint density at radius 2 is 1.76 bits per heavy atom. The van der Waals surface area contributed by atoms with Gasteiger partial charge in [-0.3, -0.25) is 4.79 Å². The number of ether oxygens (including phenoxy) is 1. The van der Waals surface area contributed by atoms with Gasteiger partial charge in [0.1, 0.15) is 11.5 Å². The van der Waals surface area contributed by atoms with Crippen LogP contribution in [0.3, 0.4) is 0 Å². The SMILES string of the molecule is Cc1cc(OCC(=O)Nc2cc(C(C)(C)C)ccc2O)cc(C)c1Cl. The summed E-state index contributed by atoms with van der Waals surface area (Å²) < 4.78 is 5.54. The molecule has 0 aliphatic carbocycles. The first-order valence-corrected chi connectivity index (χ1v) is 8.48. The van der Waals surface area contributed by atoms with Crippen LogP contribution in [0.2, 0.25) is 5.02 Å². The summed E-state index contributed by atoms with van der Waals surface area (Å²) in [6.45, 7) is 9.83. The largest absolute Gasteiger partial charge is 0.506 e. The number of anilines is 1. The Morgan fingerprint density at radius 3 is 2.32 bits per heavy atom. The van der Waals surface area contributed by atoms with Gasteiger partial charge in [0.15, 0.2) is 6.61 Å². The fourth-order valence-electron chi connectivity index (χ4n) is 2.43.